The molecular formula is C12H15N3O2S. The minimum Gasteiger partial charge on any atom is -0.398 e. The van der Waals surface area contributed by atoms with E-state index in [2.05, 4.69) is 6.07 Å². The first-order valence-corrected chi connectivity index (χ1v) is 7.55. The second kappa shape index (κ2) is 4.86. The van der Waals surface area contributed by atoms with Crippen molar-refractivity contribution >= 4 is 21.2 Å². The van der Waals surface area contributed by atoms with Crippen LogP contribution in [-0.4, -0.2) is 33.0 Å². The normalized spacial score (nSPS) is 18.3. The van der Waals surface area contributed by atoms with E-state index >= 15 is 0 Å². The van der Waals surface area contributed by atoms with E-state index in [4.69, 9.17) is 11.0 Å². The number of anilines is 2. The quantitative estimate of drug-likeness (QED) is 0.790. The molecule has 96 valence electrons. The van der Waals surface area contributed by atoms with Gasteiger partial charge in [0.1, 0.15) is 0 Å². The molecule has 0 spiro atoms. The Bertz CT molecular complexity index is 576. The number of rotatable bonds is 2. The monoisotopic (exact) mass is 265 g/mol. The first-order chi connectivity index (χ1) is 8.52. The van der Waals surface area contributed by atoms with E-state index in [9.17, 15) is 8.42 Å². The van der Waals surface area contributed by atoms with Gasteiger partial charge in [0.15, 0.2) is 9.84 Å². The van der Waals surface area contributed by atoms with Gasteiger partial charge in [0, 0.05) is 24.5 Å². The standard InChI is InChI=1S/C12H15N3O2S/c13-4-3-10-9-11(1-2-12(10)14)15-5-7-18(16,17)8-6-15/h1-2,9H,3,5-8,14H2. The SMILES string of the molecule is N#CCc1cc(N2CCS(=O)(=O)CC2)ccc1N. The van der Waals surface area contributed by atoms with Crippen LogP contribution >= 0.6 is 0 Å². The predicted molar refractivity (Wildman–Crippen MR) is 71.0 cm³/mol. The van der Waals surface area contributed by atoms with Crippen molar-refractivity contribution in [2.24, 2.45) is 0 Å². The van der Waals surface area contributed by atoms with Crippen LogP contribution in [0.15, 0.2) is 18.2 Å². The number of nitriles is 1. The third-order valence-electron chi connectivity index (χ3n) is 3.11. The van der Waals surface area contributed by atoms with E-state index < -0.39 is 9.84 Å². The van der Waals surface area contributed by atoms with Gasteiger partial charge >= 0.3 is 0 Å². The van der Waals surface area contributed by atoms with E-state index in [1.54, 1.807) is 6.07 Å². The third kappa shape index (κ3) is 2.74. The molecule has 1 fully saturated rings. The number of benzene rings is 1. The number of hydrogen-bond acceptors (Lipinski definition) is 5. The summed E-state index contributed by atoms with van der Waals surface area (Å²) in [6, 6.07) is 7.58. The van der Waals surface area contributed by atoms with Gasteiger partial charge in [-0.1, -0.05) is 0 Å². The highest BCUT2D eigenvalue weighted by atomic mass is 32.2. The summed E-state index contributed by atoms with van der Waals surface area (Å²) in [6.45, 7) is 0.997. The van der Waals surface area contributed by atoms with Crippen molar-refractivity contribution in [1.82, 2.24) is 0 Å². The zero-order valence-electron chi connectivity index (χ0n) is 9.96. The van der Waals surface area contributed by atoms with Crippen molar-refractivity contribution in [2.75, 3.05) is 35.2 Å². The van der Waals surface area contributed by atoms with Gasteiger partial charge in [-0.2, -0.15) is 5.26 Å². The van der Waals surface area contributed by atoms with Gasteiger partial charge in [0.25, 0.3) is 0 Å². The van der Waals surface area contributed by atoms with Gasteiger partial charge in [-0.25, -0.2) is 8.42 Å². The molecule has 6 heteroatoms. The topological polar surface area (TPSA) is 87.2 Å². The fraction of sp³-hybridized carbons (Fsp3) is 0.417. The fourth-order valence-corrected chi connectivity index (χ4v) is 3.20. The Morgan fingerprint density at radius 1 is 1.33 bits per heavy atom. The summed E-state index contributed by atoms with van der Waals surface area (Å²) in [5.74, 6) is 0.371. The summed E-state index contributed by atoms with van der Waals surface area (Å²) < 4.78 is 22.7. The Kier molecular flexibility index (Phi) is 3.43. The minimum atomic E-state index is -2.87. The van der Waals surface area contributed by atoms with Crippen LogP contribution in [0.4, 0.5) is 11.4 Å². The summed E-state index contributed by atoms with van der Waals surface area (Å²) in [5.41, 5.74) is 8.11. The van der Waals surface area contributed by atoms with Crippen molar-refractivity contribution in [3.05, 3.63) is 23.8 Å². The maximum absolute atomic E-state index is 11.4. The molecule has 1 heterocycles. The molecule has 1 aromatic carbocycles. The van der Waals surface area contributed by atoms with Gasteiger partial charge in [-0.05, 0) is 23.8 Å². The Morgan fingerprint density at radius 2 is 2.00 bits per heavy atom. The maximum atomic E-state index is 11.4. The Hall–Kier alpha value is -1.74. The highest BCUT2D eigenvalue weighted by Gasteiger charge is 2.21. The molecule has 1 aromatic rings. The summed E-state index contributed by atoms with van der Waals surface area (Å²) in [6.07, 6.45) is 0.270. The molecule has 2 rings (SSSR count). The van der Waals surface area contributed by atoms with Gasteiger partial charge in [0.05, 0.1) is 24.0 Å². The van der Waals surface area contributed by atoms with Crippen LogP contribution in [0.25, 0.3) is 0 Å². The predicted octanol–water partition coefficient (Wildman–Crippen LogP) is 0.570. The van der Waals surface area contributed by atoms with Crippen LogP contribution in [0.2, 0.25) is 0 Å². The molecule has 18 heavy (non-hydrogen) atoms. The van der Waals surface area contributed by atoms with E-state index in [1.165, 1.54) is 0 Å². The lowest BCUT2D eigenvalue weighted by Gasteiger charge is -2.29. The van der Waals surface area contributed by atoms with E-state index in [0.29, 0.717) is 18.8 Å². The zero-order chi connectivity index (χ0) is 13.2. The Balaban J connectivity index is 2.20. The second-order valence-corrected chi connectivity index (χ2v) is 6.66. The van der Waals surface area contributed by atoms with Crippen LogP contribution in [0, 0.1) is 11.3 Å². The van der Waals surface area contributed by atoms with Crippen LogP contribution in [0.3, 0.4) is 0 Å². The zero-order valence-corrected chi connectivity index (χ0v) is 10.8. The minimum absolute atomic E-state index is 0.185. The molecule has 0 radical (unpaired) electrons. The van der Waals surface area contributed by atoms with Gasteiger partial charge < -0.3 is 10.6 Å². The third-order valence-corrected chi connectivity index (χ3v) is 4.71. The number of nitrogens with two attached hydrogens (primary N) is 1. The molecular weight excluding hydrogens is 250 g/mol. The highest BCUT2D eigenvalue weighted by molar-refractivity contribution is 7.91. The van der Waals surface area contributed by atoms with Crippen molar-refractivity contribution in [2.45, 2.75) is 6.42 Å². The van der Waals surface area contributed by atoms with Crippen molar-refractivity contribution < 1.29 is 8.42 Å². The number of nitrogen functional groups attached to an aromatic ring is 1. The molecule has 0 bridgehead atoms. The highest BCUT2D eigenvalue weighted by Crippen LogP contribution is 2.23. The van der Waals surface area contributed by atoms with Crippen LogP contribution < -0.4 is 10.6 Å². The first-order valence-electron chi connectivity index (χ1n) is 5.72. The summed E-state index contributed by atoms with van der Waals surface area (Å²) >= 11 is 0. The van der Waals surface area contributed by atoms with E-state index in [-0.39, 0.29) is 17.9 Å². The van der Waals surface area contributed by atoms with Gasteiger partial charge in [-0.15, -0.1) is 0 Å². The first kappa shape index (κ1) is 12.7. The summed E-state index contributed by atoms with van der Waals surface area (Å²) in [5, 5.41) is 8.72. The molecule has 0 saturated carbocycles. The summed E-state index contributed by atoms with van der Waals surface area (Å²) in [7, 11) is -2.87. The largest absolute Gasteiger partial charge is 0.398 e. The van der Waals surface area contributed by atoms with Gasteiger partial charge in [-0.3, -0.25) is 0 Å². The fourth-order valence-electron chi connectivity index (χ4n) is 2.00. The lowest BCUT2D eigenvalue weighted by molar-refractivity contribution is 0.587. The smallest absolute Gasteiger partial charge is 0.153 e. The summed E-state index contributed by atoms with van der Waals surface area (Å²) in [4.78, 5) is 2.02. The number of hydrogen-bond donors (Lipinski definition) is 1. The van der Waals surface area contributed by atoms with Gasteiger partial charge in [0.2, 0.25) is 0 Å². The molecule has 1 aliphatic heterocycles. The van der Waals surface area contributed by atoms with Crippen molar-refractivity contribution in [3.63, 3.8) is 0 Å². The average molecular weight is 265 g/mol. The molecule has 0 atom stereocenters. The van der Waals surface area contributed by atoms with Crippen LogP contribution in [0.1, 0.15) is 5.56 Å². The van der Waals surface area contributed by atoms with Crippen molar-refractivity contribution in [3.8, 4) is 6.07 Å². The van der Waals surface area contributed by atoms with E-state index in [1.807, 2.05) is 17.0 Å². The molecule has 0 unspecified atom stereocenters. The molecule has 0 amide bonds. The molecule has 2 N–H and O–H groups in total. The Morgan fingerprint density at radius 3 is 2.61 bits per heavy atom. The van der Waals surface area contributed by atoms with Crippen molar-refractivity contribution in [1.29, 1.82) is 5.26 Å². The number of sulfone groups is 1. The second-order valence-electron chi connectivity index (χ2n) is 4.36. The maximum Gasteiger partial charge on any atom is 0.153 e. The molecule has 5 nitrogen and oxygen atoms in total. The average Bonchev–Trinajstić information content (AvgIpc) is 2.32. The molecule has 0 aromatic heterocycles. The van der Waals surface area contributed by atoms with Crippen LogP contribution in [-0.2, 0) is 16.3 Å². The lowest BCUT2D eigenvalue weighted by Crippen LogP contribution is -2.40. The lowest BCUT2D eigenvalue weighted by atomic mass is 10.1. The van der Waals surface area contributed by atoms with Crippen LogP contribution in [0.5, 0.6) is 0 Å². The number of nitrogens with zero attached hydrogens (tertiary/aromatic N) is 2. The molecule has 0 aliphatic carbocycles. The van der Waals surface area contributed by atoms with E-state index in [0.717, 1.165) is 11.3 Å². The Labute approximate surface area is 107 Å². The molecule has 1 aliphatic rings. The molecule has 1 saturated heterocycles.